The van der Waals surface area contributed by atoms with Crippen molar-refractivity contribution in [2.45, 2.75) is 25.4 Å². The Kier molecular flexibility index (Phi) is 5.02. The molecule has 3 rings (SSSR count). The molecule has 0 saturated carbocycles. The van der Waals surface area contributed by atoms with Crippen molar-refractivity contribution in [3.63, 3.8) is 0 Å². The van der Waals surface area contributed by atoms with Gasteiger partial charge in [0.25, 0.3) is 0 Å². The van der Waals surface area contributed by atoms with E-state index in [-0.39, 0.29) is 17.9 Å². The molecule has 1 amide bonds. The number of nitrogens with zero attached hydrogens (tertiary/aromatic N) is 3. The van der Waals surface area contributed by atoms with Gasteiger partial charge in [0.2, 0.25) is 5.91 Å². The van der Waals surface area contributed by atoms with Gasteiger partial charge in [-0.2, -0.15) is 5.10 Å². The van der Waals surface area contributed by atoms with Gasteiger partial charge in [0, 0.05) is 44.7 Å². The van der Waals surface area contributed by atoms with E-state index in [0.29, 0.717) is 13.0 Å². The van der Waals surface area contributed by atoms with Crippen LogP contribution in [0.5, 0.6) is 0 Å². The van der Waals surface area contributed by atoms with E-state index >= 15 is 0 Å². The molecule has 0 aromatic carbocycles. The van der Waals surface area contributed by atoms with Crippen molar-refractivity contribution in [1.82, 2.24) is 20.1 Å². The molecule has 0 bridgehead atoms. The average Bonchev–Trinajstić information content (AvgIpc) is 3.00. The van der Waals surface area contributed by atoms with Crippen LogP contribution in [-0.4, -0.2) is 33.8 Å². The van der Waals surface area contributed by atoms with Crippen LogP contribution in [0, 0.1) is 5.92 Å². The minimum atomic E-state index is -0.00468. The number of aryl methyl sites for hydroxylation is 1. The number of amides is 1. The number of hydrogen-bond donors (Lipinski definition) is 1. The standard InChI is InChI=1S/C17H22N4O2/c1-21-15(6-8-20-21)17-14(5-3-9-23-17)12-19-16(22)10-13-4-2-7-18-11-13/h2,4,6-8,11,14,17H,3,5,9-10,12H2,1H3,(H,19,22)/t14-,17+/m0/s1. The van der Waals surface area contributed by atoms with Crippen LogP contribution in [0.25, 0.3) is 0 Å². The molecule has 2 aromatic rings. The predicted molar refractivity (Wildman–Crippen MR) is 85.6 cm³/mol. The van der Waals surface area contributed by atoms with Crippen molar-refractivity contribution >= 4 is 5.91 Å². The zero-order valence-electron chi connectivity index (χ0n) is 13.3. The average molecular weight is 314 g/mol. The lowest BCUT2D eigenvalue weighted by molar-refractivity contribution is -0.121. The Morgan fingerprint density at radius 1 is 1.43 bits per heavy atom. The summed E-state index contributed by atoms with van der Waals surface area (Å²) < 4.78 is 7.79. The fourth-order valence-corrected chi connectivity index (χ4v) is 3.04. The Labute approximate surface area is 135 Å². The smallest absolute Gasteiger partial charge is 0.224 e. The zero-order chi connectivity index (χ0) is 16.1. The Morgan fingerprint density at radius 3 is 3.09 bits per heavy atom. The summed E-state index contributed by atoms with van der Waals surface area (Å²) in [4.78, 5) is 16.2. The first-order chi connectivity index (χ1) is 11.2. The van der Waals surface area contributed by atoms with Crippen LogP contribution in [0.15, 0.2) is 36.8 Å². The molecule has 1 aliphatic rings. The van der Waals surface area contributed by atoms with E-state index in [9.17, 15) is 4.79 Å². The molecular formula is C17H22N4O2. The third kappa shape index (κ3) is 3.96. The summed E-state index contributed by atoms with van der Waals surface area (Å²) in [6, 6.07) is 5.74. The number of aromatic nitrogens is 3. The van der Waals surface area contributed by atoms with E-state index in [4.69, 9.17) is 4.74 Å². The van der Waals surface area contributed by atoms with Crippen LogP contribution < -0.4 is 5.32 Å². The molecule has 1 aliphatic heterocycles. The lowest BCUT2D eigenvalue weighted by atomic mass is 9.92. The second-order valence-electron chi connectivity index (χ2n) is 5.92. The molecule has 0 aliphatic carbocycles. The minimum Gasteiger partial charge on any atom is -0.372 e. The van der Waals surface area contributed by atoms with Gasteiger partial charge in [0.15, 0.2) is 0 Å². The van der Waals surface area contributed by atoms with Crippen molar-refractivity contribution in [3.05, 3.63) is 48.0 Å². The Hall–Kier alpha value is -2.21. The van der Waals surface area contributed by atoms with Gasteiger partial charge in [-0.05, 0) is 30.5 Å². The molecule has 1 fully saturated rings. The van der Waals surface area contributed by atoms with E-state index < -0.39 is 0 Å². The van der Waals surface area contributed by atoms with Gasteiger partial charge in [-0.1, -0.05) is 6.07 Å². The largest absolute Gasteiger partial charge is 0.372 e. The number of hydrogen-bond acceptors (Lipinski definition) is 4. The molecule has 6 heteroatoms. The van der Waals surface area contributed by atoms with Crippen molar-refractivity contribution < 1.29 is 9.53 Å². The molecule has 122 valence electrons. The summed E-state index contributed by atoms with van der Waals surface area (Å²) in [5.74, 6) is 0.296. The lowest BCUT2D eigenvalue weighted by Gasteiger charge is -2.32. The van der Waals surface area contributed by atoms with Crippen LogP contribution in [0.1, 0.15) is 30.2 Å². The second kappa shape index (κ2) is 7.37. The summed E-state index contributed by atoms with van der Waals surface area (Å²) in [6.07, 6.45) is 7.64. The van der Waals surface area contributed by atoms with Gasteiger partial charge in [0.05, 0.1) is 12.1 Å². The first-order valence-corrected chi connectivity index (χ1v) is 7.99. The number of carbonyl (C=O) groups excluding carboxylic acids is 1. The van der Waals surface area contributed by atoms with E-state index in [1.165, 1.54) is 0 Å². The maximum atomic E-state index is 12.1. The summed E-state index contributed by atoms with van der Waals surface area (Å²) in [5.41, 5.74) is 1.99. The van der Waals surface area contributed by atoms with E-state index in [1.54, 1.807) is 18.6 Å². The number of carbonyl (C=O) groups is 1. The Balaban J connectivity index is 1.57. The van der Waals surface area contributed by atoms with E-state index in [0.717, 1.165) is 30.7 Å². The van der Waals surface area contributed by atoms with E-state index in [1.807, 2.05) is 29.9 Å². The minimum absolute atomic E-state index is 0.00468. The van der Waals surface area contributed by atoms with Gasteiger partial charge in [-0.25, -0.2) is 0 Å². The molecule has 0 radical (unpaired) electrons. The summed E-state index contributed by atoms with van der Waals surface area (Å²) in [5, 5.41) is 7.26. The highest BCUT2D eigenvalue weighted by atomic mass is 16.5. The van der Waals surface area contributed by atoms with Crippen LogP contribution in [-0.2, 0) is 23.0 Å². The highest BCUT2D eigenvalue weighted by Gasteiger charge is 2.29. The molecule has 6 nitrogen and oxygen atoms in total. The monoisotopic (exact) mass is 314 g/mol. The number of rotatable bonds is 5. The maximum absolute atomic E-state index is 12.1. The van der Waals surface area contributed by atoms with Crippen molar-refractivity contribution in [2.75, 3.05) is 13.2 Å². The predicted octanol–water partition coefficient (Wildman–Crippen LogP) is 1.64. The molecule has 0 spiro atoms. The summed E-state index contributed by atoms with van der Waals surface area (Å²) in [6.45, 7) is 1.38. The molecular weight excluding hydrogens is 292 g/mol. The third-order valence-corrected chi connectivity index (χ3v) is 4.24. The second-order valence-corrected chi connectivity index (χ2v) is 5.92. The number of nitrogens with one attached hydrogen (secondary N) is 1. The maximum Gasteiger partial charge on any atom is 0.224 e. The number of ether oxygens (including phenoxy) is 1. The highest BCUT2D eigenvalue weighted by molar-refractivity contribution is 5.78. The van der Waals surface area contributed by atoms with Gasteiger partial charge in [-0.3, -0.25) is 14.5 Å². The third-order valence-electron chi connectivity index (χ3n) is 4.24. The highest BCUT2D eigenvalue weighted by Crippen LogP contribution is 2.32. The van der Waals surface area contributed by atoms with Gasteiger partial charge < -0.3 is 10.1 Å². The van der Waals surface area contributed by atoms with Gasteiger partial charge in [0.1, 0.15) is 6.10 Å². The number of pyridine rings is 1. The molecule has 2 aromatic heterocycles. The van der Waals surface area contributed by atoms with Crippen LogP contribution in [0.4, 0.5) is 0 Å². The SMILES string of the molecule is Cn1nccc1[C@@H]1OCCC[C@H]1CNC(=O)Cc1cccnc1. The van der Waals surface area contributed by atoms with Crippen LogP contribution >= 0.6 is 0 Å². The zero-order valence-corrected chi connectivity index (χ0v) is 13.3. The summed E-state index contributed by atoms with van der Waals surface area (Å²) in [7, 11) is 1.92. The summed E-state index contributed by atoms with van der Waals surface area (Å²) >= 11 is 0. The quantitative estimate of drug-likeness (QED) is 0.911. The van der Waals surface area contributed by atoms with Crippen LogP contribution in [0.3, 0.4) is 0 Å². The van der Waals surface area contributed by atoms with Crippen molar-refractivity contribution in [1.29, 1.82) is 0 Å². The van der Waals surface area contributed by atoms with Crippen molar-refractivity contribution in [3.8, 4) is 0 Å². The molecule has 0 unspecified atom stereocenters. The first-order valence-electron chi connectivity index (χ1n) is 7.99. The van der Waals surface area contributed by atoms with Gasteiger partial charge >= 0.3 is 0 Å². The molecule has 1 N–H and O–H groups in total. The Morgan fingerprint density at radius 2 is 2.35 bits per heavy atom. The van der Waals surface area contributed by atoms with Crippen LogP contribution in [0.2, 0.25) is 0 Å². The molecule has 23 heavy (non-hydrogen) atoms. The fraction of sp³-hybridized carbons (Fsp3) is 0.471. The van der Waals surface area contributed by atoms with E-state index in [2.05, 4.69) is 15.4 Å². The van der Waals surface area contributed by atoms with Crippen molar-refractivity contribution in [2.24, 2.45) is 13.0 Å². The molecule has 3 heterocycles. The topological polar surface area (TPSA) is 69.0 Å². The fourth-order valence-electron chi connectivity index (χ4n) is 3.04. The molecule has 2 atom stereocenters. The lowest BCUT2D eigenvalue weighted by Crippen LogP contribution is -2.36. The molecule has 1 saturated heterocycles. The normalized spacial score (nSPS) is 21.1. The van der Waals surface area contributed by atoms with Gasteiger partial charge in [-0.15, -0.1) is 0 Å². The first kappa shape index (κ1) is 15.7. The Bertz CT molecular complexity index is 641.